The second kappa shape index (κ2) is 9.01. The molecule has 1 aromatic heterocycles. The highest BCUT2D eigenvalue weighted by Gasteiger charge is 2.24. The van der Waals surface area contributed by atoms with Crippen molar-refractivity contribution in [3.8, 4) is 17.1 Å². The van der Waals surface area contributed by atoms with Gasteiger partial charge in [0.15, 0.2) is 6.10 Å². The van der Waals surface area contributed by atoms with Gasteiger partial charge in [-0.25, -0.2) is 0 Å². The molecule has 0 aliphatic heterocycles. The Kier molecular flexibility index (Phi) is 6.46. The lowest BCUT2D eigenvalue weighted by Gasteiger charge is -2.22. The molecule has 3 rings (SSSR count). The number of amides is 1. The molecule has 1 atom stereocenters. The average molecular weight is 444 g/mol. The van der Waals surface area contributed by atoms with Crippen LogP contribution < -0.4 is 4.74 Å². The van der Waals surface area contributed by atoms with Crippen molar-refractivity contribution in [2.45, 2.75) is 32.9 Å². The van der Waals surface area contributed by atoms with Crippen molar-refractivity contribution in [3.05, 3.63) is 64.5 Å². The van der Waals surface area contributed by atoms with Crippen LogP contribution in [0.2, 0.25) is 0 Å². The molecule has 0 fully saturated rings. The minimum atomic E-state index is -0.570. The summed E-state index contributed by atoms with van der Waals surface area (Å²) in [5, 5.41) is 4.01. The van der Waals surface area contributed by atoms with Gasteiger partial charge in [-0.05, 0) is 43.2 Å². The Morgan fingerprint density at radius 3 is 2.75 bits per heavy atom. The van der Waals surface area contributed by atoms with Gasteiger partial charge in [0.1, 0.15) is 5.75 Å². The first-order chi connectivity index (χ1) is 13.5. The maximum Gasteiger partial charge on any atom is 0.263 e. The molecule has 1 amide bonds. The summed E-state index contributed by atoms with van der Waals surface area (Å²) < 4.78 is 12.1. The van der Waals surface area contributed by atoms with Crippen molar-refractivity contribution in [2.75, 3.05) is 7.05 Å². The van der Waals surface area contributed by atoms with Gasteiger partial charge in [0.2, 0.25) is 11.7 Å². The molecule has 1 unspecified atom stereocenters. The summed E-state index contributed by atoms with van der Waals surface area (Å²) in [4.78, 5) is 18.7. The standard InChI is InChI=1S/C21H22BrN3O3/c1-4-18(27-17-10-5-7-14(2)11-17)21(26)25(3)13-19-23-20(24-28-19)15-8-6-9-16(22)12-15/h5-12,18H,4,13H2,1-3H3. The van der Waals surface area contributed by atoms with Crippen LogP contribution in [0.3, 0.4) is 0 Å². The monoisotopic (exact) mass is 443 g/mol. The lowest BCUT2D eigenvalue weighted by Crippen LogP contribution is -2.39. The Bertz CT molecular complexity index is 957. The van der Waals surface area contributed by atoms with Gasteiger partial charge in [-0.2, -0.15) is 4.98 Å². The first kappa shape index (κ1) is 20.1. The van der Waals surface area contributed by atoms with Gasteiger partial charge >= 0.3 is 0 Å². The van der Waals surface area contributed by atoms with Crippen LogP contribution in [0.15, 0.2) is 57.5 Å². The highest BCUT2D eigenvalue weighted by molar-refractivity contribution is 9.10. The molecule has 1 heterocycles. The van der Waals surface area contributed by atoms with Crippen LogP contribution in [0.5, 0.6) is 5.75 Å². The number of carbonyl (C=O) groups is 1. The Hall–Kier alpha value is -2.67. The Labute approximate surface area is 172 Å². The number of carbonyl (C=O) groups excluding carboxylic acids is 1. The third-order valence-electron chi connectivity index (χ3n) is 4.21. The van der Waals surface area contributed by atoms with Gasteiger partial charge < -0.3 is 14.2 Å². The molecular weight excluding hydrogens is 422 g/mol. The fourth-order valence-corrected chi connectivity index (χ4v) is 3.15. The molecule has 146 valence electrons. The van der Waals surface area contributed by atoms with E-state index < -0.39 is 6.10 Å². The number of rotatable bonds is 7. The molecule has 0 bridgehead atoms. The van der Waals surface area contributed by atoms with E-state index in [9.17, 15) is 4.79 Å². The van der Waals surface area contributed by atoms with E-state index in [4.69, 9.17) is 9.26 Å². The van der Waals surface area contributed by atoms with Gasteiger partial charge in [0, 0.05) is 17.1 Å². The molecule has 0 radical (unpaired) electrons. The number of nitrogens with zero attached hydrogens (tertiary/aromatic N) is 3. The van der Waals surface area contributed by atoms with E-state index in [0.29, 0.717) is 23.9 Å². The molecule has 0 N–H and O–H groups in total. The lowest BCUT2D eigenvalue weighted by molar-refractivity contribution is -0.138. The largest absolute Gasteiger partial charge is 0.481 e. The van der Waals surface area contributed by atoms with E-state index in [-0.39, 0.29) is 12.5 Å². The van der Waals surface area contributed by atoms with E-state index in [0.717, 1.165) is 15.6 Å². The number of benzene rings is 2. The zero-order valence-electron chi connectivity index (χ0n) is 16.1. The number of halogens is 1. The van der Waals surface area contributed by atoms with Crippen molar-refractivity contribution >= 4 is 21.8 Å². The van der Waals surface area contributed by atoms with Crippen molar-refractivity contribution < 1.29 is 14.1 Å². The van der Waals surface area contributed by atoms with Crippen LogP contribution in [0.25, 0.3) is 11.4 Å². The van der Waals surface area contributed by atoms with E-state index >= 15 is 0 Å². The Morgan fingerprint density at radius 1 is 1.25 bits per heavy atom. The van der Waals surface area contributed by atoms with Gasteiger partial charge in [0.25, 0.3) is 5.91 Å². The van der Waals surface area contributed by atoms with Gasteiger partial charge in [-0.3, -0.25) is 4.79 Å². The fourth-order valence-electron chi connectivity index (χ4n) is 2.75. The van der Waals surface area contributed by atoms with E-state index in [2.05, 4.69) is 26.1 Å². The first-order valence-corrected chi connectivity index (χ1v) is 9.82. The second-order valence-corrected chi connectivity index (χ2v) is 7.46. The molecule has 7 heteroatoms. The zero-order valence-corrected chi connectivity index (χ0v) is 17.6. The fraction of sp³-hybridized carbons (Fsp3) is 0.286. The van der Waals surface area contributed by atoms with Gasteiger partial charge in [-0.1, -0.05) is 52.3 Å². The predicted molar refractivity (Wildman–Crippen MR) is 110 cm³/mol. The highest BCUT2D eigenvalue weighted by atomic mass is 79.9. The summed E-state index contributed by atoms with van der Waals surface area (Å²) in [6, 6.07) is 15.3. The minimum Gasteiger partial charge on any atom is -0.481 e. The smallest absolute Gasteiger partial charge is 0.263 e. The number of aryl methyl sites for hydroxylation is 1. The number of ether oxygens (including phenoxy) is 1. The molecule has 0 spiro atoms. The van der Waals surface area contributed by atoms with Gasteiger partial charge in [0.05, 0.1) is 6.54 Å². The predicted octanol–water partition coefficient (Wildman–Crippen LogP) is 4.62. The number of aromatic nitrogens is 2. The maximum absolute atomic E-state index is 12.8. The molecule has 0 aliphatic rings. The summed E-state index contributed by atoms with van der Waals surface area (Å²) >= 11 is 3.43. The first-order valence-electron chi connectivity index (χ1n) is 9.03. The van der Waals surface area contributed by atoms with Crippen LogP contribution in [-0.4, -0.2) is 34.1 Å². The van der Waals surface area contributed by atoms with Crippen LogP contribution in [-0.2, 0) is 11.3 Å². The van der Waals surface area contributed by atoms with E-state index in [1.165, 1.54) is 0 Å². The molecular formula is C21H22BrN3O3. The van der Waals surface area contributed by atoms with Crippen molar-refractivity contribution in [3.63, 3.8) is 0 Å². The van der Waals surface area contributed by atoms with Gasteiger partial charge in [-0.15, -0.1) is 0 Å². The summed E-state index contributed by atoms with van der Waals surface area (Å²) in [7, 11) is 1.70. The average Bonchev–Trinajstić information content (AvgIpc) is 3.14. The molecule has 3 aromatic rings. The number of hydrogen-bond acceptors (Lipinski definition) is 5. The third kappa shape index (κ3) is 4.98. The van der Waals surface area contributed by atoms with Crippen molar-refractivity contribution in [2.24, 2.45) is 0 Å². The third-order valence-corrected chi connectivity index (χ3v) is 4.71. The Morgan fingerprint density at radius 2 is 2.04 bits per heavy atom. The molecule has 0 saturated carbocycles. The van der Waals surface area contributed by atoms with E-state index in [1.807, 2.05) is 62.4 Å². The van der Waals surface area contributed by atoms with Crippen LogP contribution >= 0.6 is 15.9 Å². The number of hydrogen-bond donors (Lipinski definition) is 0. The SMILES string of the molecule is CCC(Oc1cccc(C)c1)C(=O)N(C)Cc1nc(-c2cccc(Br)c2)no1. The second-order valence-electron chi connectivity index (χ2n) is 6.55. The Balaban J connectivity index is 1.66. The molecule has 6 nitrogen and oxygen atoms in total. The minimum absolute atomic E-state index is 0.133. The maximum atomic E-state index is 12.8. The zero-order chi connectivity index (χ0) is 20.1. The van der Waals surface area contributed by atoms with E-state index in [1.54, 1.807) is 11.9 Å². The quantitative estimate of drug-likeness (QED) is 0.532. The normalized spacial score (nSPS) is 11.9. The van der Waals surface area contributed by atoms with Crippen molar-refractivity contribution in [1.82, 2.24) is 15.0 Å². The molecule has 2 aromatic carbocycles. The molecule has 28 heavy (non-hydrogen) atoms. The summed E-state index contributed by atoms with van der Waals surface area (Å²) in [6.45, 7) is 4.12. The van der Waals surface area contributed by atoms with Crippen molar-refractivity contribution in [1.29, 1.82) is 0 Å². The topological polar surface area (TPSA) is 68.5 Å². The van der Waals surface area contributed by atoms with Crippen LogP contribution in [0.1, 0.15) is 24.8 Å². The molecule has 0 saturated heterocycles. The van der Waals surface area contributed by atoms with Crippen LogP contribution in [0, 0.1) is 6.92 Å². The summed E-state index contributed by atoms with van der Waals surface area (Å²) in [6.07, 6.45) is -0.0104. The summed E-state index contributed by atoms with van der Waals surface area (Å²) in [5.74, 6) is 1.41. The highest BCUT2D eigenvalue weighted by Crippen LogP contribution is 2.21. The number of likely N-dealkylation sites (N-methyl/N-ethyl adjacent to an activating group) is 1. The lowest BCUT2D eigenvalue weighted by atomic mass is 10.2. The summed E-state index contributed by atoms with van der Waals surface area (Å²) in [5.41, 5.74) is 1.92. The van der Waals surface area contributed by atoms with Crippen LogP contribution in [0.4, 0.5) is 0 Å². The molecule has 0 aliphatic carbocycles.